The molecule has 1 atom stereocenters. The number of hydrogen-bond acceptors (Lipinski definition) is 3. The lowest BCUT2D eigenvalue weighted by Crippen LogP contribution is -2.18. The number of rotatable bonds is 4. The Morgan fingerprint density at radius 2 is 1.62 bits per heavy atom. The van der Waals surface area contributed by atoms with Crippen molar-refractivity contribution in [2.75, 3.05) is 12.1 Å². The van der Waals surface area contributed by atoms with Gasteiger partial charge < -0.3 is 4.74 Å². The summed E-state index contributed by atoms with van der Waals surface area (Å²) in [5.41, 5.74) is 4.59. The summed E-state index contributed by atoms with van der Waals surface area (Å²) in [5.74, 6) is 0.867. The number of hydrazone groups is 1. The van der Waals surface area contributed by atoms with Gasteiger partial charge in [0, 0.05) is 10.9 Å². The third-order valence-corrected chi connectivity index (χ3v) is 5.14. The largest absolute Gasteiger partial charge is 0.497 e. The van der Waals surface area contributed by atoms with Gasteiger partial charge in [-0.25, -0.2) is 0 Å². The molecule has 1 aliphatic heterocycles. The second kappa shape index (κ2) is 7.34. The van der Waals surface area contributed by atoms with Gasteiger partial charge in [-0.15, -0.1) is 0 Å². The van der Waals surface area contributed by atoms with E-state index in [0.717, 1.165) is 28.0 Å². The zero-order chi connectivity index (χ0) is 17.9. The summed E-state index contributed by atoms with van der Waals surface area (Å²) in [6, 6.07) is 27.1. The van der Waals surface area contributed by atoms with Gasteiger partial charge in [0.2, 0.25) is 0 Å². The van der Waals surface area contributed by atoms with Gasteiger partial charge >= 0.3 is 0 Å². The van der Waals surface area contributed by atoms with Crippen LogP contribution in [0.25, 0.3) is 0 Å². The molecule has 0 aromatic heterocycles. The van der Waals surface area contributed by atoms with Crippen molar-refractivity contribution in [3.05, 3.63) is 94.5 Å². The van der Waals surface area contributed by atoms with Crippen LogP contribution in [0.3, 0.4) is 0 Å². The summed E-state index contributed by atoms with van der Waals surface area (Å²) in [4.78, 5) is 0. The minimum Gasteiger partial charge on any atom is -0.497 e. The Balaban J connectivity index is 1.72. The first kappa shape index (κ1) is 16.9. The fraction of sp³-hybridized carbons (Fsp3) is 0.136. The molecule has 0 N–H and O–H groups in total. The van der Waals surface area contributed by atoms with Crippen LogP contribution >= 0.6 is 15.9 Å². The number of methoxy groups -OCH3 is 1. The van der Waals surface area contributed by atoms with Crippen LogP contribution in [0.1, 0.15) is 23.6 Å². The van der Waals surface area contributed by atoms with E-state index in [0.29, 0.717) is 0 Å². The van der Waals surface area contributed by atoms with Crippen molar-refractivity contribution in [2.45, 2.75) is 12.5 Å². The van der Waals surface area contributed by atoms with Gasteiger partial charge in [0.25, 0.3) is 0 Å². The molecule has 4 rings (SSSR count). The van der Waals surface area contributed by atoms with Crippen LogP contribution in [0.4, 0.5) is 5.69 Å². The molecule has 1 aliphatic rings. The van der Waals surface area contributed by atoms with Crippen LogP contribution in [-0.2, 0) is 0 Å². The highest BCUT2D eigenvalue weighted by Gasteiger charge is 2.29. The summed E-state index contributed by atoms with van der Waals surface area (Å²) >= 11 is 3.51. The number of ether oxygens (including phenoxy) is 1. The summed E-state index contributed by atoms with van der Waals surface area (Å²) in [6.45, 7) is 0. The van der Waals surface area contributed by atoms with E-state index in [1.165, 1.54) is 11.1 Å². The lowest BCUT2D eigenvalue weighted by molar-refractivity contribution is 0.414. The smallest absolute Gasteiger partial charge is 0.118 e. The molecular formula is C22H19BrN2O. The minimum atomic E-state index is 0.164. The zero-order valence-corrected chi connectivity index (χ0v) is 16.1. The van der Waals surface area contributed by atoms with Crippen molar-refractivity contribution in [2.24, 2.45) is 5.10 Å². The molecule has 4 heteroatoms. The third-order valence-electron chi connectivity index (χ3n) is 4.61. The molecule has 0 saturated heterocycles. The maximum Gasteiger partial charge on any atom is 0.118 e. The summed E-state index contributed by atoms with van der Waals surface area (Å²) in [7, 11) is 1.69. The zero-order valence-electron chi connectivity index (χ0n) is 14.5. The topological polar surface area (TPSA) is 24.8 Å². The Kier molecular flexibility index (Phi) is 4.76. The number of hydrogen-bond donors (Lipinski definition) is 0. The van der Waals surface area contributed by atoms with Gasteiger partial charge in [-0.3, -0.25) is 5.01 Å². The van der Waals surface area contributed by atoms with Gasteiger partial charge in [0.05, 0.1) is 24.6 Å². The molecule has 3 aromatic rings. The molecule has 1 heterocycles. The molecule has 26 heavy (non-hydrogen) atoms. The molecule has 130 valence electrons. The Labute approximate surface area is 162 Å². The first-order valence-electron chi connectivity index (χ1n) is 8.56. The van der Waals surface area contributed by atoms with Crippen LogP contribution in [-0.4, -0.2) is 12.8 Å². The molecular weight excluding hydrogens is 388 g/mol. The van der Waals surface area contributed by atoms with Crippen molar-refractivity contribution >= 4 is 27.3 Å². The number of benzene rings is 3. The second-order valence-corrected chi connectivity index (χ2v) is 7.14. The Morgan fingerprint density at radius 3 is 2.27 bits per heavy atom. The Hall–Kier alpha value is -2.59. The predicted octanol–water partition coefficient (Wildman–Crippen LogP) is 5.81. The van der Waals surface area contributed by atoms with Gasteiger partial charge in [0.1, 0.15) is 5.75 Å². The van der Waals surface area contributed by atoms with Crippen LogP contribution in [0.15, 0.2) is 88.4 Å². The summed E-state index contributed by atoms with van der Waals surface area (Å²) < 4.78 is 6.36. The molecule has 3 nitrogen and oxygen atoms in total. The Bertz CT molecular complexity index is 905. The van der Waals surface area contributed by atoms with E-state index in [9.17, 15) is 0 Å². The maximum atomic E-state index is 5.30. The average Bonchev–Trinajstić information content (AvgIpc) is 3.15. The lowest BCUT2D eigenvalue weighted by atomic mass is 9.98. The molecule has 0 amide bonds. The van der Waals surface area contributed by atoms with Gasteiger partial charge in [-0.05, 0) is 47.5 Å². The van der Waals surface area contributed by atoms with E-state index in [1.807, 2.05) is 18.2 Å². The molecule has 0 fully saturated rings. The molecule has 0 unspecified atom stereocenters. The third kappa shape index (κ3) is 3.37. The normalized spacial score (nSPS) is 16.5. The second-order valence-electron chi connectivity index (χ2n) is 6.23. The monoisotopic (exact) mass is 406 g/mol. The number of anilines is 1. The lowest BCUT2D eigenvalue weighted by Gasteiger charge is -2.24. The van der Waals surface area contributed by atoms with Crippen LogP contribution < -0.4 is 9.75 Å². The van der Waals surface area contributed by atoms with E-state index >= 15 is 0 Å². The van der Waals surface area contributed by atoms with Crippen molar-refractivity contribution in [3.8, 4) is 5.75 Å². The van der Waals surface area contributed by atoms with E-state index < -0.39 is 0 Å². The standard InChI is InChI=1S/C22H19BrN2O/c1-26-20-13-7-17(8-14-20)22-15-21(16-5-3-2-4-6-16)24-25(22)19-11-9-18(23)10-12-19/h2-14,22H,15H2,1H3/t22-/m1/s1. The minimum absolute atomic E-state index is 0.164. The molecule has 3 aromatic carbocycles. The van der Waals surface area contributed by atoms with E-state index in [1.54, 1.807) is 7.11 Å². The number of halogens is 1. The first-order chi connectivity index (χ1) is 12.7. The SMILES string of the molecule is COc1ccc([C@H]2CC(c3ccccc3)=NN2c2ccc(Br)cc2)cc1. The molecule has 0 spiro atoms. The van der Waals surface area contributed by atoms with Crippen molar-refractivity contribution in [1.82, 2.24) is 0 Å². The van der Waals surface area contributed by atoms with Crippen molar-refractivity contribution < 1.29 is 4.74 Å². The molecule has 0 saturated carbocycles. The highest BCUT2D eigenvalue weighted by molar-refractivity contribution is 9.10. The van der Waals surface area contributed by atoms with E-state index in [-0.39, 0.29) is 6.04 Å². The summed E-state index contributed by atoms with van der Waals surface area (Å²) in [6.07, 6.45) is 0.867. The fourth-order valence-corrected chi connectivity index (χ4v) is 3.50. The van der Waals surface area contributed by atoms with Crippen LogP contribution in [0.5, 0.6) is 5.75 Å². The molecule has 0 aliphatic carbocycles. The summed E-state index contributed by atoms with van der Waals surface area (Å²) in [5, 5.41) is 7.08. The molecule has 0 radical (unpaired) electrons. The number of nitrogens with zero attached hydrogens (tertiary/aromatic N) is 2. The van der Waals surface area contributed by atoms with Gasteiger partial charge in [0.15, 0.2) is 0 Å². The van der Waals surface area contributed by atoms with Crippen molar-refractivity contribution in [3.63, 3.8) is 0 Å². The predicted molar refractivity (Wildman–Crippen MR) is 110 cm³/mol. The Morgan fingerprint density at radius 1 is 0.923 bits per heavy atom. The van der Waals surface area contributed by atoms with E-state index in [4.69, 9.17) is 9.84 Å². The van der Waals surface area contributed by atoms with Gasteiger partial charge in [-0.2, -0.15) is 5.10 Å². The molecule has 0 bridgehead atoms. The fourth-order valence-electron chi connectivity index (χ4n) is 3.23. The van der Waals surface area contributed by atoms with Crippen LogP contribution in [0, 0.1) is 0 Å². The van der Waals surface area contributed by atoms with Crippen molar-refractivity contribution in [1.29, 1.82) is 0 Å². The quantitative estimate of drug-likeness (QED) is 0.545. The first-order valence-corrected chi connectivity index (χ1v) is 9.35. The highest BCUT2D eigenvalue weighted by Crippen LogP contribution is 2.37. The van der Waals surface area contributed by atoms with Gasteiger partial charge in [-0.1, -0.05) is 58.4 Å². The highest BCUT2D eigenvalue weighted by atomic mass is 79.9. The average molecular weight is 407 g/mol. The maximum absolute atomic E-state index is 5.30. The van der Waals surface area contributed by atoms with E-state index in [2.05, 4.69) is 81.6 Å². The van der Waals surface area contributed by atoms with Crippen LogP contribution in [0.2, 0.25) is 0 Å².